The number of benzene rings is 1. The first kappa shape index (κ1) is 19.3. The van der Waals surface area contributed by atoms with Crippen LogP contribution in [0.25, 0.3) is 0 Å². The van der Waals surface area contributed by atoms with E-state index in [0.717, 1.165) is 19.4 Å². The molecular weight excluding hydrogens is 363 g/mol. The molecule has 152 valence electrons. The van der Waals surface area contributed by atoms with Crippen molar-refractivity contribution in [1.29, 1.82) is 0 Å². The predicted octanol–water partition coefficient (Wildman–Crippen LogP) is 1.03. The summed E-state index contributed by atoms with van der Waals surface area (Å²) in [5.41, 5.74) is 6.45. The van der Waals surface area contributed by atoms with E-state index >= 15 is 0 Å². The van der Waals surface area contributed by atoms with Gasteiger partial charge in [0.1, 0.15) is 5.82 Å². The van der Waals surface area contributed by atoms with E-state index in [2.05, 4.69) is 16.2 Å². The topological polar surface area (TPSA) is 93.7 Å². The maximum Gasteiger partial charge on any atom is 0.317 e. The molecule has 2 unspecified atom stereocenters. The molecule has 1 aromatic carbocycles. The summed E-state index contributed by atoms with van der Waals surface area (Å²) in [7, 11) is 0. The maximum absolute atomic E-state index is 14.1. The Morgan fingerprint density at radius 2 is 2.00 bits per heavy atom. The lowest BCUT2D eigenvalue weighted by molar-refractivity contribution is -0.140. The van der Waals surface area contributed by atoms with Crippen molar-refractivity contribution in [2.45, 2.75) is 43.8 Å². The molecule has 1 saturated heterocycles. The molecule has 2 aliphatic carbocycles. The first-order valence-corrected chi connectivity index (χ1v) is 10.00. The van der Waals surface area contributed by atoms with E-state index in [-0.39, 0.29) is 30.4 Å². The molecule has 0 aromatic heterocycles. The molecule has 28 heavy (non-hydrogen) atoms. The zero-order valence-corrected chi connectivity index (χ0v) is 15.7. The summed E-state index contributed by atoms with van der Waals surface area (Å²) in [6.45, 7) is 1.34. The average molecular weight is 390 g/mol. The summed E-state index contributed by atoms with van der Waals surface area (Å²) in [6, 6.07) is 6.35. The zero-order chi connectivity index (χ0) is 19.7. The van der Waals surface area contributed by atoms with Gasteiger partial charge in [0.2, 0.25) is 5.91 Å². The average Bonchev–Trinajstić information content (AvgIpc) is 3.29. The lowest BCUT2D eigenvalue weighted by Crippen LogP contribution is -2.56. The number of carboxylic acid groups (broad SMARTS) is 1. The van der Waals surface area contributed by atoms with Crippen molar-refractivity contribution in [2.24, 2.45) is 11.8 Å². The standard InChI is InChI=1S/C20H27FN4O3/c21-17-4-2-1-3-15(17)19-16(9-22-24-19)20(28)23-13-7-14(8-13)25(11-18(26)27)10-12-5-6-12/h1-4,12-14,16,19,22,24H,5-11H2,(H,23,28)(H,26,27). The number of carbonyl (C=O) groups excluding carboxylic acids is 1. The number of hydrogen-bond donors (Lipinski definition) is 4. The number of nitrogens with zero attached hydrogens (tertiary/aromatic N) is 1. The van der Waals surface area contributed by atoms with Crippen molar-refractivity contribution in [3.63, 3.8) is 0 Å². The minimum atomic E-state index is -0.802. The molecule has 0 spiro atoms. The number of carbonyl (C=O) groups is 2. The number of hydrogen-bond acceptors (Lipinski definition) is 5. The monoisotopic (exact) mass is 390 g/mol. The zero-order valence-electron chi connectivity index (χ0n) is 15.7. The smallest absolute Gasteiger partial charge is 0.317 e. The number of hydrazine groups is 1. The van der Waals surface area contributed by atoms with Gasteiger partial charge in [-0.15, -0.1) is 0 Å². The largest absolute Gasteiger partial charge is 0.480 e. The van der Waals surface area contributed by atoms with Crippen molar-refractivity contribution in [3.8, 4) is 0 Å². The van der Waals surface area contributed by atoms with Crippen LogP contribution in [-0.2, 0) is 9.59 Å². The fourth-order valence-corrected chi connectivity index (χ4v) is 4.22. The van der Waals surface area contributed by atoms with Gasteiger partial charge in [0, 0.05) is 30.7 Å². The molecule has 2 atom stereocenters. The maximum atomic E-state index is 14.1. The van der Waals surface area contributed by atoms with Gasteiger partial charge in [-0.1, -0.05) is 18.2 Å². The van der Waals surface area contributed by atoms with E-state index in [1.54, 1.807) is 18.2 Å². The number of rotatable bonds is 8. The molecule has 8 heteroatoms. The van der Waals surface area contributed by atoms with Gasteiger partial charge in [-0.3, -0.25) is 19.9 Å². The highest BCUT2D eigenvalue weighted by molar-refractivity contribution is 5.80. The normalized spacial score (nSPS) is 29.5. The second kappa shape index (κ2) is 8.14. The number of carboxylic acids is 1. The highest BCUT2D eigenvalue weighted by atomic mass is 19.1. The molecule has 1 amide bonds. The first-order valence-electron chi connectivity index (χ1n) is 10.00. The Bertz CT molecular complexity index is 736. The van der Waals surface area contributed by atoms with Crippen LogP contribution in [0.5, 0.6) is 0 Å². The molecule has 7 nitrogen and oxygen atoms in total. The van der Waals surface area contributed by atoms with Crippen molar-refractivity contribution >= 4 is 11.9 Å². The van der Waals surface area contributed by atoms with Gasteiger partial charge in [-0.25, -0.2) is 9.82 Å². The van der Waals surface area contributed by atoms with E-state index in [1.807, 2.05) is 4.90 Å². The van der Waals surface area contributed by atoms with E-state index in [1.165, 1.54) is 18.9 Å². The van der Waals surface area contributed by atoms with Crippen LogP contribution in [0.15, 0.2) is 24.3 Å². The van der Waals surface area contributed by atoms with Gasteiger partial charge in [-0.2, -0.15) is 0 Å². The van der Waals surface area contributed by atoms with E-state index in [9.17, 15) is 14.0 Å². The molecule has 1 heterocycles. The first-order chi connectivity index (χ1) is 13.5. The summed E-state index contributed by atoms with van der Waals surface area (Å²) in [5, 5.41) is 12.2. The summed E-state index contributed by atoms with van der Waals surface area (Å²) >= 11 is 0. The Morgan fingerprint density at radius 3 is 2.68 bits per heavy atom. The Morgan fingerprint density at radius 1 is 1.25 bits per heavy atom. The summed E-state index contributed by atoms with van der Waals surface area (Å²) in [4.78, 5) is 25.9. The van der Waals surface area contributed by atoms with Gasteiger partial charge >= 0.3 is 5.97 Å². The van der Waals surface area contributed by atoms with Crippen LogP contribution in [0.1, 0.15) is 37.3 Å². The van der Waals surface area contributed by atoms with Gasteiger partial charge < -0.3 is 10.4 Å². The van der Waals surface area contributed by atoms with E-state index < -0.39 is 17.9 Å². The molecular formula is C20H27FN4O3. The number of nitrogens with one attached hydrogen (secondary N) is 3. The van der Waals surface area contributed by atoms with Gasteiger partial charge in [0.25, 0.3) is 0 Å². The molecule has 4 N–H and O–H groups in total. The molecule has 4 rings (SSSR count). The van der Waals surface area contributed by atoms with Crippen LogP contribution in [-0.4, -0.2) is 53.6 Å². The number of halogens is 1. The highest BCUT2D eigenvalue weighted by Crippen LogP contribution is 2.34. The van der Waals surface area contributed by atoms with Crippen molar-refractivity contribution < 1.29 is 19.1 Å². The lowest BCUT2D eigenvalue weighted by Gasteiger charge is -2.43. The number of amides is 1. The molecule has 0 radical (unpaired) electrons. The second-order valence-electron chi connectivity index (χ2n) is 8.23. The summed E-state index contributed by atoms with van der Waals surface area (Å²) in [5.74, 6) is -0.984. The Balaban J connectivity index is 1.31. The summed E-state index contributed by atoms with van der Waals surface area (Å²) in [6.07, 6.45) is 3.90. The Hall–Kier alpha value is -2.03. The lowest BCUT2D eigenvalue weighted by atomic mass is 9.84. The van der Waals surface area contributed by atoms with Crippen LogP contribution < -0.4 is 16.2 Å². The molecule has 2 saturated carbocycles. The third kappa shape index (κ3) is 4.34. The minimum absolute atomic E-state index is 0.0508. The second-order valence-corrected chi connectivity index (χ2v) is 8.23. The van der Waals surface area contributed by atoms with E-state index in [0.29, 0.717) is 18.0 Å². The van der Waals surface area contributed by atoms with Crippen molar-refractivity contribution in [1.82, 2.24) is 21.1 Å². The third-order valence-corrected chi connectivity index (χ3v) is 6.06. The summed E-state index contributed by atoms with van der Waals surface area (Å²) < 4.78 is 14.1. The van der Waals surface area contributed by atoms with Gasteiger partial charge in [0.15, 0.2) is 0 Å². The molecule has 3 aliphatic rings. The quantitative estimate of drug-likeness (QED) is 0.530. The van der Waals surface area contributed by atoms with Crippen LogP contribution in [0, 0.1) is 17.7 Å². The molecule has 1 aliphatic heterocycles. The van der Waals surface area contributed by atoms with Crippen LogP contribution in [0.2, 0.25) is 0 Å². The third-order valence-electron chi connectivity index (χ3n) is 6.06. The number of aliphatic carboxylic acids is 1. The fourth-order valence-electron chi connectivity index (χ4n) is 4.22. The highest BCUT2D eigenvalue weighted by Gasteiger charge is 2.41. The van der Waals surface area contributed by atoms with Crippen LogP contribution in [0.4, 0.5) is 4.39 Å². The Labute approximate surface area is 163 Å². The van der Waals surface area contributed by atoms with Crippen molar-refractivity contribution in [2.75, 3.05) is 19.6 Å². The molecule has 0 bridgehead atoms. The van der Waals surface area contributed by atoms with E-state index in [4.69, 9.17) is 5.11 Å². The molecule has 1 aromatic rings. The van der Waals surface area contributed by atoms with Crippen LogP contribution in [0.3, 0.4) is 0 Å². The molecule has 3 fully saturated rings. The Kier molecular flexibility index (Phi) is 5.61. The van der Waals surface area contributed by atoms with Crippen molar-refractivity contribution in [3.05, 3.63) is 35.6 Å². The predicted molar refractivity (Wildman–Crippen MR) is 101 cm³/mol. The van der Waals surface area contributed by atoms with Gasteiger partial charge in [0.05, 0.1) is 18.5 Å². The minimum Gasteiger partial charge on any atom is -0.480 e. The fraction of sp³-hybridized carbons (Fsp3) is 0.600. The SMILES string of the molecule is O=C(O)CN(CC1CC1)C1CC(NC(=O)C2CNNC2c2ccccc2F)C1. The van der Waals surface area contributed by atoms with Gasteiger partial charge in [-0.05, 0) is 37.7 Å². The van der Waals surface area contributed by atoms with Crippen LogP contribution >= 0.6 is 0 Å².